The molecule has 0 atom stereocenters. The molecule has 0 bridgehead atoms. The average Bonchev–Trinajstić information content (AvgIpc) is 2.52. The number of rotatable bonds is 4. The molecule has 0 fully saturated rings. The smallest absolute Gasteiger partial charge is 0.261 e. The fraction of sp³-hybridized carbons (Fsp3) is 0.0909. The van der Waals surface area contributed by atoms with Gasteiger partial charge in [-0.15, -0.1) is 0 Å². The third-order valence-corrected chi connectivity index (χ3v) is 3.09. The first kappa shape index (κ1) is 16.5. The zero-order valence-electron chi connectivity index (χ0n) is 11.8. The average molecular weight is 337 g/mol. The van der Waals surface area contributed by atoms with Gasteiger partial charge in [0.1, 0.15) is 5.69 Å². The minimum Gasteiger partial charge on any atom is -0.261 e. The summed E-state index contributed by atoms with van der Waals surface area (Å²) in [7, 11) is 0.964. The molecule has 0 aliphatic carbocycles. The highest BCUT2D eigenvalue weighted by Gasteiger charge is 2.25. The molecule has 1 aromatic carbocycles. The van der Waals surface area contributed by atoms with E-state index < -0.39 is 48.8 Å². The van der Waals surface area contributed by atoms with Crippen molar-refractivity contribution in [3.05, 3.63) is 75.6 Å². The Morgan fingerprint density at radius 2 is 1.50 bits per heavy atom. The minimum atomic E-state index is -1.19. The molecule has 13 heteroatoms. The Balaban J connectivity index is 2.89. The van der Waals surface area contributed by atoms with Crippen molar-refractivity contribution in [1.82, 2.24) is 9.13 Å². The van der Waals surface area contributed by atoms with Crippen LogP contribution in [0.3, 0.4) is 0 Å². The molecule has 2 rings (SSSR count). The van der Waals surface area contributed by atoms with E-state index in [9.17, 15) is 39.9 Å². The Bertz CT molecular complexity index is 1000. The van der Waals surface area contributed by atoms with Crippen molar-refractivity contribution in [2.24, 2.45) is 7.05 Å². The molecule has 0 spiro atoms. The number of hydrogen-bond donors (Lipinski definition) is 0. The summed E-state index contributed by atoms with van der Waals surface area (Å²) in [5, 5.41) is 32.7. The zero-order valence-corrected chi connectivity index (χ0v) is 11.8. The Labute approximate surface area is 130 Å². The quantitative estimate of drug-likeness (QED) is 0.564. The Hall–Kier alpha value is -3.90. The van der Waals surface area contributed by atoms with E-state index in [2.05, 4.69) is 0 Å². The fourth-order valence-corrected chi connectivity index (χ4v) is 1.93. The maximum absolute atomic E-state index is 12.1. The number of aromatic nitrogens is 2. The van der Waals surface area contributed by atoms with Crippen molar-refractivity contribution in [3.8, 4) is 5.69 Å². The van der Waals surface area contributed by atoms with Gasteiger partial charge in [-0.1, -0.05) is 0 Å². The second-order valence-corrected chi connectivity index (χ2v) is 4.48. The maximum Gasteiger partial charge on any atom is 0.350 e. The van der Waals surface area contributed by atoms with Gasteiger partial charge >= 0.3 is 16.9 Å². The van der Waals surface area contributed by atoms with E-state index >= 15 is 0 Å². The van der Waals surface area contributed by atoms with Crippen molar-refractivity contribution in [2.45, 2.75) is 0 Å². The van der Waals surface area contributed by atoms with Crippen molar-refractivity contribution in [2.75, 3.05) is 0 Å². The normalized spacial score (nSPS) is 10.4. The number of nitro groups is 3. The van der Waals surface area contributed by atoms with Crippen molar-refractivity contribution in [1.29, 1.82) is 0 Å². The van der Waals surface area contributed by atoms with Gasteiger partial charge in [-0.05, 0) is 6.07 Å². The summed E-state index contributed by atoms with van der Waals surface area (Å²) in [6, 6.07) is 2.40. The van der Waals surface area contributed by atoms with E-state index in [4.69, 9.17) is 0 Å². The molecule has 0 N–H and O–H groups in total. The van der Waals surface area contributed by atoms with Gasteiger partial charge in [0.15, 0.2) is 0 Å². The molecule has 0 radical (unpaired) electrons. The van der Waals surface area contributed by atoms with Crippen molar-refractivity contribution < 1.29 is 14.8 Å². The molecule has 0 amide bonds. The monoisotopic (exact) mass is 337 g/mol. The van der Waals surface area contributed by atoms with Gasteiger partial charge in [-0.3, -0.25) is 44.3 Å². The molecule has 13 nitrogen and oxygen atoms in total. The van der Waals surface area contributed by atoms with Gasteiger partial charge in [-0.25, -0.2) is 4.79 Å². The summed E-state index contributed by atoms with van der Waals surface area (Å²) >= 11 is 0. The van der Waals surface area contributed by atoms with Gasteiger partial charge in [0.2, 0.25) is 0 Å². The SMILES string of the molecule is Cn1c(=O)c([N+](=O)[O-])cn(-c2ccc([N+](=O)[O-])cc2[N+](=O)[O-])c1=O. The third-order valence-electron chi connectivity index (χ3n) is 3.09. The van der Waals surface area contributed by atoms with Crippen LogP contribution in [0.1, 0.15) is 0 Å². The van der Waals surface area contributed by atoms with E-state index in [-0.39, 0.29) is 0 Å². The van der Waals surface area contributed by atoms with Crippen LogP contribution < -0.4 is 11.2 Å². The molecule has 2 aromatic rings. The standard InChI is InChI=1S/C11H7N5O8/c1-12-10(17)9(16(23)24)5-13(11(12)18)7-3-2-6(14(19)20)4-8(7)15(21)22/h2-5H,1H3. The fourth-order valence-electron chi connectivity index (χ4n) is 1.93. The van der Waals surface area contributed by atoms with E-state index in [0.29, 0.717) is 21.4 Å². The predicted octanol–water partition coefficient (Wildman–Crippen LogP) is 0.261. The number of non-ortho nitro benzene ring substituents is 1. The number of nitro benzene ring substituents is 2. The second kappa shape index (κ2) is 5.71. The molecule has 0 aliphatic rings. The highest BCUT2D eigenvalue weighted by atomic mass is 16.6. The molecule has 0 aliphatic heterocycles. The number of nitrogens with zero attached hydrogens (tertiary/aromatic N) is 5. The molecule has 124 valence electrons. The number of benzene rings is 1. The number of hydrogen-bond acceptors (Lipinski definition) is 8. The summed E-state index contributed by atoms with van der Waals surface area (Å²) < 4.78 is 0.921. The molecular weight excluding hydrogens is 330 g/mol. The Kier molecular flexibility index (Phi) is 3.92. The molecule has 0 saturated carbocycles. The lowest BCUT2D eigenvalue weighted by molar-refractivity contribution is -0.394. The van der Waals surface area contributed by atoms with Crippen LogP contribution in [0.5, 0.6) is 0 Å². The zero-order chi connectivity index (χ0) is 18.2. The highest BCUT2D eigenvalue weighted by Crippen LogP contribution is 2.27. The summed E-state index contributed by atoms with van der Waals surface area (Å²) in [6.45, 7) is 0. The second-order valence-electron chi connectivity index (χ2n) is 4.48. The highest BCUT2D eigenvalue weighted by molar-refractivity contribution is 5.58. The lowest BCUT2D eigenvalue weighted by atomic mass is 10.2. The molecular formula is C11H7N5O8. The molecule has 24 heavy (non-hydrogen) atoms. The van der Waals surface area contributed by atoms with E-state index in [1.807, 2.05) is 0 Å². The van der Waals surface area contributed by atoms with Gasteiger partial charge in [0, 0.05) is 13.1 Å². The largest absolute Gasteiger partial charge is 0.350 e. The van der Waals surface area contributed by atoms with Gasteiger partial charge in [-0.2, -0.15) is 0 Å². The maximum atomic E-state index is 12.1. The van der Waals surface area contributed by atoms with E-state index in [1.165, 1.54) is 0 Å². The Morgan fingerprint density at radius 3 is 2.00 bits per heavy atom. The first-order chi connectivity index (χ1) is 11.1. The van der Waals surface area contributed by atoms with Crippen molar-refractivity contribution >= 4 is 17.1 Å². The molecule has 1 aromatic heterocycles. The van der Waals surface area contributed by atoms with Crippen molar-refractivity contribution in [3.63, 3.8) is 0 Å². The first-order valence-electron chi connectivity index (χ1n) is 6.05. The van der Waals surface area contributed by atoms with Gasteiger partial charge < -0.3 is 0 Å². The molecule has 0 unspecified atom stereocenters. The molecule has 0 saturated heterocycles. The summed E-state index contributed by atoms with van der Waals surface area (Å²) in [4.78, 5) is 53.6. The first-order valence-corrected chi connectivity index (χ1v) is 6.05. The van der Waals surface area contributed by atoms with E-state index in [0.717, 1.165) is 19.2 Å². The van der Waals surface area contributed by atoms with Gasteiger partial charge in [0.25, 0.3) is 11.4 Å². The summed E-state index contributed by atoms with van der Waals surface area (Å²) in [5.41, 5.74) is -5.12. The van der Waals surface area contributed by atoms with Crippen LogP contribution in [-0.4, -0.2) is 23.9 Å². The van der Waals surface area contributed by atoms with Crippen LogP contribution in [0.4, 0.5) is 17.1 Å². The van der Waals surface area contributed by atoms with Crippen LogP contribution in [0.25, 0.3) is 5.69 Å². The van der Waals surface area contributed by atoms with Crippen LogP contribution in [0.2, 0.25) is 0 Å². The predicted molar refractivity (Wildman–Crippen MR) is 77.2 cm³/mol. The van der Waals surface area contributed by atoms with Crippen LogP contribution >= 0.6 is 0 Å². The topological polar surface area (TPSA) is 173 Å². The van der Waals surface area contributed by atoms with Crippen LogP contribution in [-0.2, 0) is 7.05 Å². The van der Waals surface area contributed by atoms with Crippen LogP contribution in [0.15, 0.2) is 34.0 Å². The lowest BCUT2D eigenvalue weighted by Crippen LogP contribution is -2.38. The summed E-state index contributed by atoms with van der Waals surface area (Å²) in [6.07, 6.45) is 0.541. The van der Waals surface area contributed by atoms with E-state index in [1.54, 1.807) is 0 Å². The van der Waals surface area contributed by atoms with Crippen LogP contribution in [0, 0.1) is 30.3 Å². The Morgan fingerprint density at radius 1 is 0.917 bits per heavy atom. The molecule has 1 heterocycles. The summed E-state index contributed by atoms with van der Waals surface area (Å²) in [5.74, 6) is 0. The van der Waals surface area contributed by atoms with Gasteiger partial charge in [0.05, 0.1) is 27.0 Å². The third kappa shape index (κ3) is 2.60. The lowest BCUT2D eigenvalue weighted by Gasteiger charge is -2.07. The minimum absolute atomic E-state index is 0.406.